The van der Waals surface area contributed by atoms with E-state index in [0.717, 1.165) is 17.0 Å². The molecule has 1 aromatic carbocycles. The molecule has 2 heterocycles. The maximum atomic E-state index is 14.4. The van der Waals surface area contributed by atoms with Crippen molar-refractivity contribution in [3.8, 4) is 0 Å². The lowest BCUT2D eigenvalue weighted by Gasteiger charge is -2.17. The summed E-state index contributed by atoms with van der Waals surface area (Å²) in [5, 5.41) is 10.7. The average Bonchev–Trinajstić information content (AvgIpc) is 3.03. The van der Waals surface area contributed by atoms with Crippen LogP contribution >= 0.6 is 0 Å². The van der Waals surface area contributed by atoms with Crippen molar-refractivity contribution in [1.82, 2.24) is 14.8 Å². The second kappa shape index (κ2) is 7.51. The van der Waals surface area contributed by atoms with Gasteiger partial charge >= 0.3 is 0 Å². The highest BCUT2D eigenvalue weighted by Crippen LogP contribution is 2.28. The number of carbonyl (C=O) groups is 2. The monoisotopic (exact) mass is 385 g/mol. The van der Waals surface area contributed by atoms with E-state index in [4.69, 9.17) is 11.5 Å². The molecule has 0 bridgehead atoms. The molecular weight excluding hydrogens is 365 g/mol. The molecule has 0 aliphatic carbocycles. The third-order valence-corrected chi connectivity index (χ3v) is 4.35. The molecule has 6 N–H and O–H groups in total. The predicted molar refractivity (Wildman–Crippen MR) is 104 cm³/mol. The Labute approximate surface area is 159 Å². The van der Waals surface area contributed by atoms with Crippen LogP contribution in [0.5, 0.6) is 0 Å². The standard InChI is InChI=1S/C18H20FN7O2/c1-3-12(16(21)28)23-18-11(19)7-9(15(20)27)17(25-18)24-13-5-4-6-14-10(13)8-22-26(14)2/h4-8,12H,3H2,1-2H3,(H2,20,27)(H2,21,28)(H2,23,24,25). The molecule has 0 fully saturated rings. The zero-order valence-corrected chi connectivity index (χ0v) is 15.4. The zero-order valence-electron chi connectivity index (χ0n) is 15.4. The fourth-order valence-electron chi connectivity index (χ4n) is 2.83. The summed E-state index contributed by atoms with van der Waals surface area (Å²) in [7, 11) is 1.80. The molecule has 146 valence electrons. The van der Waals surface area contributed by atoms with Crippen LogP contribution in [0.3, 0.4) is 0 Å². The van der Waals surface area contributed by atoms with E-state index in [0.29, 0.717) is 12.1 Å². The number of aromatic nitrogens is 3. The summed E-state index contributed by atoms with van der Waals surface area (Å²) in [6.07, 6.45) is 2.00. The molecule has 2 aromatic heterocycles. The molecule has 3 aromatic rings. The quantitative estimate of drug-likeness (QED) is 0.487. The fourth-order valence-corrected chi connectivity index (χ4v) is 2.83. The van der Waals surface area contributed by atoms with Crippen molar-refractivity contribution in [2.75, 3.05) is 10.6 Å². The number of halogens is 1. The van der Waals surface area contributed by atoms with Crippen LogP contribution in [-0.4, -0.2) is 32.6 Å². The van der Waals surface area contributed by atoms with Crippen LogP contribution in [0.4, 0.5) is 21.7 Å². The molecular formula is C18H20FN7O2. The first-order chi connectivity index (χ1) is 13.3. The number of nitrogens with one attached hydrogen (secondary N) is 2. The summed E-state index contributed by atoms with van der Waals surface area (Å²) in [6, 6.07) is 5.62. The maximum Gasteiger partial charge on any atom is 0.252 e. The molecule has 0 radical (unpaired) electrons. The number of primary amides is 2. The molecule has 1 unspecified atom stereocenters. The third-order valence-electron chi connectivity index (χ3n) is 4.35. The van der Waals surface area contributed by atoms with Gasteiger partial charge in [0.2, 0.25) is 5.91 Å². The number of rotatable bonds is 7. The van der Waals surface area contributed by atoms with Gasteiger partial charge in [0.25, 0.3) is 5.91 Å². The number of aryl methyl sites for hydroxylation is 1. The molecule has 9 nitrogen and oxygen atoms in total. The molecule has 0 aliphatic heterocycles. The Morgan fingerprint density at radius 2 is 2.04 bits per heavy atom. The van der Waals surface area contributed by atoms with Gasteiger partial charge in [0, 0.05) is 12.4 Å². The van der Waals surface area contributed by atoms with Gasteiger partial charge in [-0.05, 0) is 24.6 Å². The maximum absolute atomic E-state index is 14.4. The van der Waals surface area contributed by atoms with Crippen molar-refractivity contribution >= 4 is 40.0 Å². The van der Waals surface area contributed by atoms with E-state index in [1.54, 1.807) is 37.0 Å². The Morgan fingerprint density at radius 1 is 1.29 bits per heavy atom. The lowest BCUT2D eigenvalue weighted by atomic mass is 10.1. The van der Waals surface area contributed by atoms with E-state index in [1.807, 2.05) is 6.07 Å². The van der Waals surface area contributed by atoms with Gasteiger partial charge in [-0.15, -0.1) is 0 Å². The summed E-state index contributed by atoms with van der Waals surface area (Å²) >= 11 is 0. The number of carbonyl (C=O) groups excluding carboxylic acids is 2. The highest BCUT2D eigenvalue weighted by molar-refractivity contribution is 6.00. The van der Waals surface area contributed by atoms with Crippen molar-refractivity contribution in [3.63, 3.8) is 0 Å². The van der Waals surface area contributed by atoms with Gasteiger partial charge in [0.15, 0.2) is 11.6 Å². The van der Waals surface area contributed by atoms with E-state index in [-0.39, 0.29) is 17.2 Å². The van der Waals surface area contributed by atoms with Gasteiger partial charge < -0.3 is 22.1 Å². The van der Waals surface area contributed by atoms with Crippen molar-refractivity contribution in [2.45, 2.75) is 19.4 Å². The number of pyridine rings is 1. The predicted octanol–water partition coefficient (Wildman–Crippen LogP) is 1.63. The lowest BCUT2D eigenvalue weighted by Crippen LogP contribution is -2.35. The van der Waals surface area contributed by atoms with Crippen molar-refractivity contribution in [1.29, 1.82) is 0 Å². The minimum absolute atomic E-state index is 0.0482. The van der Waals surface area contributed by atoms with Crippen LogP contribution in [-0.2, 0) is 11.8 Å². The SMILES string of the molecule is CCC(Nc1nc(Nc2cccc3c2cnn3C)c(C(N)=O)cc1F)C(N)=O. The normalized spacial score (nSPS) is 12.0. The van der Waals surface area contributed by atoms with Crippen LogP contribution < -0.4 is 22.1 Å². The Kier molecular flexibility index (Phi) is 5.12. The summed E-state index contributed by atoms with van der Waals surface area (Å²) in [6.45, 7) is 1.72. The van der Waals surface area contributed by atoms with Crippen LogP contribution in [0.2, 0.25) is 0 Å². The smallest absolute Gasteiger partial charge is 0.252 e. The summed E-state index contributed by atoms with van der Waals surface area (Å²) in [5.74, 6) is -2.47. The fraction of sp³-hybridized carbons (Fsp3) is 0.222. The number of fused-ring (bicyclic) bond motifs is 1. The number of nitrogens with zero attached hydrogens (tertiary/aromatic N) is 3. The summed E-state index contributed by atoms with van der Waals surface area (Å²) in [4.78, 5) is 27.4. The Bertz CT molecular complexity index is 1060. The average molecular weight is 385 g/mol. The first-order valence-corrected chi connectivity index (χ1v) is 8.55. The highest BCUT2D eigenvalue weighted by atomic mass is 19.1. The molecule has 2 amide bonds. The molecule has 3 rings (SSSR count). The van der Waals surface area contributed by atoms with E-state index in [9.17, 15) is 14.0 Å². The Morgan fingerprint density at radius 3 is 2.68 bits per heavy atom. The molecule has 10 heteroatoms. The Hall–Kier alpha value is -3.69. The highest BCUT2D eigenvalue weighted by Gasteiger charge is 2.20. The number of hydrogen-bond donors (Lipinski definition) is 4. The summed E-state index contributed by atoms with van der Waals surface area (Å²) in [5.41, 5.74) is 12.0. The van der Waals surface area contributed by atoms with E-state index < -0.39 is 23.7 Å². The van der Waals surface area contributed by atoms with Crippen molar-refractivity contribution in [3.05, 3.63) is 41.8 Å². The second-order valence-corrected chi connectivity index (χ2v) is 6.22. The Balaban J connectivity index is 2.06. The number of nitrogens with two attached hydrogens (primary N) is 2. The molecule has 0 aliphatic rings. The zero-order chi connectivity index (χ0) is 20.4. The van der Waals surface area contributed by atoms with Crippen LogP contribution in [0.15, 0.2) is 30.5 Å². The van der Waals surface area contributed by atoms with E-state index in [1.165, 1.54) is 0 Å². The van der Waals surface area contributed by atoms with Gasteiger partial charge in [-0.3, -0.25) is 14.3 Å². The number of benzene rings is 1. The topological polar surface area (TPSA) is 141 Å². The van der Waals surface area contributed by atoms with Gasteiger partial charge in [-0.2, -0.15) is 5.10 Å². The molecule has 1 atom stereocenters. The molecule has 0 spiro atoms. The molecule has 28 heavy (non-hydrogen) atoms. The first kappa shape index (κ1) is 19.1. The third kappa shape index (κ3) is 3.56. The van der Waals surface area contributed by atoms with E-state index in [2.05, 4.69) is 20.7 Å². The largest absolute Gasteiger partial charge is 0.368 e. The van der Waals surface area contributed by atoms with Crippen molar-refractivity contribution < 1.29 is 14.0 Å². The van der Waals surface area contributed by atoms with Crippen LogP contribution in [0, 0.1) is 5.82 Å². The van der Waals surface area contributed by atoms with Crippen LogP contribution in [0.1, 0.15) is 23.7 Å². The minimum Gasteiger partial charge on any atom is -0.368 e. The van der Waals surface area contributed by atoms with Gasteiger partial charge in [0.05, 0.1) is 23.0 Å². The van der Waals surface area contributed by atoms with Crippen molar-refractivity contribution in [2.24, 2.45) is 18.5 Å². The van der Waals surface area contributed by atoms with E-state index >= 15 is 0 Å². The second-order valence-electron chi connectivity index (χ2n) is 6.22. The van der Waals surface area contributed by atoms with Gasteiger partial charge in [-0.25, -0.2) is 9.37 Å². The first-order valence-electron chi connectivity index (χ1n) is 8.55. The number of amides is 2. The number of anilines is 3. The number of hydrogen-bond acceptors (Lipinski definition) is 6. The van der Waals surface area contributed by atoms with Gasteiger partial charge in [-0.1, -0.05) is 13.0 Å². The summed E-state index contributed by atoms with van der Waals surface area (Å²) < 4.78 is 16.1. The lowest BCUT2D eigenvalue weighted by molar-refractivity contribution is -0.118. The molecule has 0 saturated carbocycles. The molecule has 0 saturated heterocycles. The van der Waals surface area contributed by atoms with Crippen LogP contribution in [0.25, 0.3) is 10.9 Å². The minimum atomic E-state index is -0.847. The van der Waals surface area contributed by atoms with Gasteiger partial charge in [0.1, 0.15) is 11.9 Å².